The molecule has 0 bridgehead atoms. The molecule has 1 aromatic rings. The third-order valence-corrected chi connectivity index (χ3v) is 7.94. The maximum absolute atomic E-state index is 12.9. The average Bonchev–Trinajstić information content (AvgIpc) is 3.18. The zero-order valence-corrected chi connectivity index (χ0v) is 23.6. The Balaban J connectivity index is 1.34. The zero-order valence-electron chi connectivity index (χ0n) is 22.0. The number of esters is 1. The van der Waals surface area contributed by atoms with E-state index < -0.39 is 29.6 Å². The lowest BCUT2D eigenvalue weighted by Crippen LogP contribution is -2.52. The van der Waals surface area contributed by atoms with Crippen molar-refractivity contribution in [2.24, 2.45) is 0 Å². The first-order valence-corrected chi connectivity index (χ1v) is 14.9. The monoisotopic (exact) mass is 580 g/mol. The molecule has 0 aliphatic carbocycles. The number of nitrogens with one attached hydrogen (secondary N) is 3. The fraction of sp³-hybridized carbons (Fsp3) is 0.520. The van der Waals surface area contributed by atoms with Crippen LogP contribution in [0.4, 0.5) is 10.5 Å². The van der Waals surface area contributed by atoms with Crippen molar-refractivity contribution in [3.05, 3.63) is 29.3 Å². The molecule has 0 radical (unpaired) electrons. The molecule has 2 aliphatic rings. The maximum Gasteiger partial charge on any atom is 0.411 e. The molecule has 2 heterocycles. The number of nitrogens with zero attached hydrogens (tertiary/aromatic N) is 1. The summed E-state index contributed by atoms with van der Waals surface area (Å²) in [6.45, 7) is 5.35. The number of amides is 5. The topological polar surface area (TPSA) is 160 Å². The summed E-state index contributed by atoms with van der Waals surface area (Å²) in [7, 11) is 2.88. The molecule has 2 aliphatic heterocycles. The number of ether oxygens (including phenoxy) is 2. The molecule has 3 rings (SSSR count). The van der Waals surface area contributed by atoms with Crippen molar-refractivity contribution >= 4 is 63.0 Å². The first kappa shape index (κ1) is 30.3. The van der Waals surface area contributed by atoms with E-state index in [0.717, 1.165) is 0 Å². The highest BCUT2D eigenvalue weighted by molar-refractivity contribution is 8.76. The minimum absolute atomic E-state index is 0.130. The Bertz CT molecular complexity index is 1140. The van der Waals surface area contributed by atoms with Gasteiger partial charge in [-0.1, -0.05) is 27.7 Å². The second-order valence-electron chi connectivity index (χ2n) is 9.75. The molecule has 5 amide bonds. The molecule has 212 valence electrons. The number of rotatable bonds is 11. The summed E-state index contributed by atoms with van der Waals surface area (Å²) in [6, 6.07) is 4.18. The predicted molar refractivity (Wildman–Crippen MR) is 146 cm³/mol. The lowest BCUT2D eigenvalue weighted by Gasteiger charge is -2.29. The number of imide groups is 1. The van der Waals surface area contributed by atoms with Crippen LogP contribution in [0.1, 0.15) is 56.0 Å². The Labute approximate surface area is 234 Å². The third-order valence-electron chi connectivity index (χ3n) is 5.56. The van der Waals surface area contributed by atoms with Crippen molar-refractivity contribution in [3.63, 3.8) is 0 Å². The summed E-state index contributed by atoms with van der Waals surface area (Å²) in [5, 5.41) is 7.44. The summed E-state index contributed by atoms with van der Waals surface area (Å²) in [6.07, 6.45) is -0.0368. The van der Waals surface area contributed by atoms with Crippen LogP contribution in [0.3, 0.4) is 0 Å². The molecule has 1 saturated heterocycles. The van der Waals surface area contributed by atoms with Gasteiger partial charge < -0.3 is 19.7 Å². The summed E-state index contributed by atoms with van der Waals surface area (Å²) in [4.78, 5) is 73.7. The molecule has 1 fully saturated rings. The van der Waals surface area contributed by atoms with E-state index in [4.69, 9.17) is 9.47 Å². The van der Waals surface area contributed by atoms with Crippen molar-refractivity contribution in [2.75, 3.05) is 30.0 Å². The minimum Gasteiger partial charge on any atom is -0.459 e. The molecular formula is C25H32N4O8S2. The zero-order chi connectivity index (χ0) is 28.6. The quantitative estimate of drug-likeness (QED) is 0.153. The molecule has 0 aromatic heterocycles. The van der Waals surface area contributed by atoms with Crippen molar-refractivity contribution in [1.82, 2.24) is 15.5 Å². The van der Waals surface area contributed by atoms with Crippen molar-refractivity contribution in [2.45, 2.75) is 58.2 Å². The Morgan fingerprint density at radius 2 is 1.87 bits per heavy atom. The van der Waals surface area contributed by atoms with Gasteiger partial charge in [0.05, 0.1) is 0 Å². The van der Waals surface area contributed by atoms with Crippen LogP contribution in [-0.2, 0) is 35.2 Å². The van der Waals surface area contributed by atoms with Crippen LogP contribution < -0.4 is 16.0 Å². The lowest BCUT2D eigenvalue weighted by molar-refractivity contribution is -0.154. The standard InChI is InChI=1S/C25H32N4O8S2/c1-25(2,3)37-21(32)13-26-19(30)9-11-38-39-12-10-36-24(35)27-17-6-4-5-15-16(17)14-29(23(15)34)18-7-8-20(31)28-22(18)33/h4-6,18H,7-14H2,1-3H3,(H,26,30)(H,27,35)(H,28,31,33). The molecule has 0 saturated carbocycles. The van der Waals surface area contributed by atoms with Crippen LogP contribution in [0, 0.1) is 0 Å². The van der Waals surface area contributed by atoms with Gasteiger partial charge in [0, 0.05) is 47.7 Å². The van der Waals surface area contributed by atoms with Gasteiger partial charge in [-0.25, -0.2) is 4.79 Å². The normalized spacial score (nSPS) is 16.8. The largest absolute Gasteiger partial charge is 0.459 e. The van der Waals surface area contributed by atoms with E-state index in [9.17, 15) is 28.8 Å². The molecule has 12 nitrogen and oxygen atoms in total. The number of hydrogen-bond donors (Lipinski definition) is 3. The number of hydrogen-bond acceptors (Lipinski definition) is 10. The van der Waals surface area contributed by atoms with Crippen molar-refractivity contribution in [1.29, 1.82) is 0 Å². The maximum atomic E-state index is 12.9. The van der Waals surface area contributed by atoms with Crippen LogP contribution in [0.2, 0.25) is 0 Å². The molecule has 3 N–H and O–H groups in total. The fourth-order valence-corrected chi connectivity index (χ4v) is 5.72. The second-order valence-corrected chi connectivity index (χ2v) is 12.5. The summed E-state index contributed by atoms with van der Waals surface area (Å²) in [5.74, 6) is -0.928. The van der Waals surface area contributed by atoms with Crippen LogP contribution in [-0.4, -0.2) is 76.9 Å². The summed E-state index contributed by atoms with van der Waals surface area (Å²) >= 11 is 0. The Hall–Kier alpha value is -3.26. The van der Waals surface area contributed by atoms with Crippen LogP contribution in [0.25, 0.3) is 0 Å². The van der Waals surface area contributed by atoms with E-state index in [0.29, 0.717) is 28.3 Å². The average molecular weight is 581 g/mol. The molecule has 1 unspecified atom stereocenters. The Kier molecular flexibility index (Phi) is 10.6. The highest BCUT2D eigenvalue weighted by Gasteiger charge is 2.40. The molecule has 14 heteroatoms. The summed E-state index contributed by atoms with van der Waals surface area (Å²) in [5.41, 5.74) is 0.783. The van der Waals surface area contributed by atoms with E-state index in [-0.39, 0.29) is 56.7 Å². The van der Waals surface area contributed by atoms with Gasteiger partial charge in [-0.15, -0.1) is 0 Å². The predicted octanol–water partition coefficient (Wildman–Crippen LogP) is 2.23. The molecule has 39 heavy (non-hydrogen) atoms. The van der Waals surface area contributed by atoms with Crippen LogP contribution in [0.5, 0.6) is 0 Å². The van der Waals surface area contributed by atoms with E-state index in [1.165, 1.54) is 26.5 Å². The molecule has 1 atom stereocenters. The van der Waals surface area contributed by atoms with E-state index >= 15 is 0 Å². The van der Waals surface area contributed by atoms with Gasteiger partial charge in [-0.2, -0.15) is 0 Å². The van der Waals surface area contributed by atoms with Gasteiger partial charge in [0.1, 0.15) is 24.8 Å². The highest BCUT2D eigenvalue weighted by atomic mass is 33.1. The summed E-state index contributed by atoms with van der Waals surface area (Å²) < 4.78 is 10.3. The van der Waals surface area contributed by atoms with Gasteiger partial charge in [0.25, 0.3) is 5.91 Å². The van der Waals surface area contributed by atoms with Gasteiger partial charge in [-0.05, 0) is 39.3 Å². The minimum atomic E-state index is -0.743. The molecule has 1 aromatic carbocycles. The SMILES string of the molecule is CC(C)(C)OC(=O)CNC(=O)CCSSCCOC(=O)Nc1cccc2c1CN(C1CCC(=O)NC1=O)C2=O. The third kappa shape index (κ3) is 9.17. The van der Waals surface area contributed by atoms with E-state index in [1.807, 2.05) is 0 Å². The number of piperidine rings is 1. The van der Waals surface area contributed by atoms with Crippen LogP contribution in [0.15, 0.2) is 18.2 Å². The van der Waals surface area contributed by atoms with E-state index in [1.54, 1.807) is 39.0 Å². The fourth-order valence-electron chi connectivity index (χ4n) is 3.91. The van der Waals surface area contributed by atoms with Gasteiger partial charge in [0.2, 0.25) is 17.7 Å². The van der Waals surface area contributed by atoms with Gasteiger partial charge in [-0.3, -0.25) is 34.6 Å². The van der Waals surface area contributed by atoms with Crippen molar-refractivity contribution in [3.8, 4) is 0 Å². The first-order valence-electron chi connectivity index (χ1n) is 12.4. The Morgan fingerprint density at radius 1 is 1.13 bits per heavy atom. The van der Waals surface area contributed by atoms with Gasteiger partial charge >= 0.3 is 12.1 Å². The molecular weight excluding hydrogens is 548 g/mol. The lowest BCUT2D eigenvalue weighted by atomic mass is 10.0. The molecule has 0 spiro atoms. The number of anilines is 1. The first-order chi connectivity index (χ1) is 18.4. The number of carbonyl (C=O) groups excluding carboxylic acids is 6. The van der Waals surface area contributed by atoms with Gasteiger partial charge in [0.15, 0.2) is 0 Å². The second kappa shape index (κ2) is 13.7. The Morgan fingerprint density at radius 3 is 2.59 bits per heavy atom. The smallest absolute Gasteiger partial charge is 0.411 e. The van der Waals surface area contributed by atoms with E-state index in [2.05, 4.69) is 16.0 Å². The number of benzene rings is 1. The van der Waals surface area contributed by atoms with Crippen LogP contribution >= 0.6 is 21.6 Å². The number of carbonyl (C=O) groups is 6. The van der Waals surface area contributed by atoms with Crippen molar-refractivity contribution < 1.29 is 38.2 Å². The highest BCUT2D eigenvalue weighted by Crippen LogP contribution is 2.32. The number of fused-ring (bicyclic) bond motifs is 1.